The number of ether oxygens (including phenoxy) is 1. The van der Waals surface area contributed by atoms with Gasteiger partial charge in [0.1, 0.15) is 29.3 Å². The Kier molecular flexibility index (Phi) is 3.82. The van der Waals surface area contributed by atoms with Crippen molar-refractivity contribution < 1.29 is 19.1 Å². The van der Waals surface area contributed by atoms with Crippen LogP contribution in [0.15, 0.2) is 34.9 Å². The van der Waals surface area contributed by atoms with E-state index < -0.39 is 5.97 Å². The minimum Gasteiger partial charge on any atom is -0.487 e. The number of furan rings is 1. The van der Waals surface area contributed by atoms with E-state index in [0.717, 1.165) is 5.69 Å². The second-order valence-electron chi connectivity index (χ2n) is 5.65. The van der Waals surface area contributed by atoms with Gasteiger partial charge in [-0.3, -0.25) is 4.68 Å². The lowest BCUT2D eigenvalue weighted by Gasteiger charge is -2.12. The molecule has 1 N–H and O–H groups in total. The van der Waals surface area contributed by atoms with Crippen LogP contribution in [0.4, 0.5) is 0 Å². The zero-order chi connectivity index (χ0) is 16.6. The second-order valence-corrected chi connectivity index (χ2v) is 5.65. The van der Waals surface area contributed by atoms with Gasteiger partial charge in [-0.2, -0.15) is 5.10 Å². The molecule has 2 aromatic heterocycles. The number of nitrogens with zero attached hydrogens (tertiary/aromatic N) is 2. The maximum absolute atomic E-state index is 11.4. The smallest absolute Gasteiger partial charge is 0.339 e. The number of carboxylic acids is 1. The first kappa shape index (κ1) is 15.1. The van der Waals surface area contributed by atoms with Crippen LogP contribution in [0.3, 0.4) is 0 Å². The molecule has 0 bridgehead atoms. The summed E-state index contributed by atoms with van der Waals surface area (Å²) in [5.74, 6) is -0.0175. The van der Waals surface area contributed by atoms with Crippen LogP contribution in [0.25, 0.3) is 11.0 Å². The van der Waals surface area contributed by atoms with E-state index in [-0.39, 0.29) is 11.6 Å². The topological polar surface area (TPSA) is 77.5 Å². The van der Waals surface area contributed by atoms with Crippen molar-refractivity contribution in [2.75, 3.05) is 0 Å². The van der Waals surface area contributed by atoms with E-state index in [2.05, 4.69) is 18.9 Å². The largest absolute Gasteiger partial charge is 0.487 e. The van der Waals surface area contributed by atoms with Gasteiger partial charge in [0.2, 0.25) is 0 Å². The van der Waals surface area contributed by atoms with E-state index >= 15 is 0 Å². The summed E-state index contributed by atoms with van der Waals surface area (Å²) in [5, 5.41) is 14.1. The molecule has 23 heavy (non-hydrogen) atoms. The van der Waals surface area contributed by atoms with E-state index in [1.807, 2.05) is 10.7 Å². The van der Waals surface area contributed by atoms with Crippen molar-refractivity contribution in [3.8, 4) is 5.75 Å². The van der Waals surface area contributed by atoms with Crippen molar-refractivity contribution >= 4 is 16.9 Å². The van der Waals surface area contributed by atoms with Crippen LogP contribution >= 0.6 is 0 Å². The lowest BCUT2D eigenvalue weighted by molar-refractivity contribution is 0.0697. The fourth-order valence-electron chi connectivity index (χ4n) is 2.63. The third-order valence-corrected chi connectivity index (χ3v) is 3.68. The van der Waals surface area contributed by atoms with Gasteiger partial charge in [-0.25, -0.2) is 4.79 Å². The number of carboxylic acid groups (broad SMARTS) is 1. The van der Waals surface area contributed by atoms with E-state index in [1.54, 1.807) is 31.3 Å². The molecule has 0 aliphatic heterocycles. The standard InChI is InChI=1S/C17H18N2O4/c1-10(2)19-12(6-7-18-19)9-22-13-4-5-15-14(8-13)16(17(20)21)11(3)23-15/h4-8,10H,9H2,1-3H3,(H,20,21). The molecule has 0 saturated carbocycles. The fraction of sp³-hybridized carbons (Fsp3) is 0.294. The normalized spacial score (nSPS) is 11.3. The van der Waals surface area contributed by atoms with Gasteiger partial charge >= 0.3 is 5.97 Å². The molecular formula is C17H18N2O4. The first-order valence-electron chi connectivity index (χ1n) is 7.39. The van der Waals surface area contributed by atoms with Crippen LogP contribution in [0.2, 0.25) is 0 Å². The molecule has 0 atom stereocenters. The van der Waals surface area contributed by atoms with Crippen molar-refractivity contribution in [3.05, 3.63) is 47.5 Å². The van der Waals surface area contributed by atoms with Crippen LogP contribution in [0.1, 0.15) is 41.7 Å². The van der Waals surface area contributed by atoms with Gasteiger partial charge < -0.3 is 14.3 Å². The van der Waals surface area contributed by atoms with Crippen molar-refractivity contribution in [1.29, 1.82) is 0 Å². The molecule has 2 heterocycles. The summed E-state index contributed by atoms with van der Waals surface area (Å²) in [5.41, 5.74) is 1.68. The molecule has 0 spiro atoms. The molecule has 0 aliphatic rings. The predicted molar refractivity (Wildman–Crippen MR) is 84.9 cm³/mol. The van der Waals surface area contributed by atoms with Gasteiger partial charge in [0, 0.05) is 17.6 Å². The zero-order valence-electron chi connectivity index (χ0n) is 13.2. The SMILES string of the molecule is Cc1oc2ccc(OCc3ccnn3C(C)C)cc2c1C(=O)O. The Labute approximate surface area is 133 Å². The van der Waals surface area contributed by atoms with E-state index in [0.29, 0.717) is 29.1 Å². The molecule has 0 unspecified atom stereocenters. The number of aromatic carboxylic acids is 1. The number of benzene rings is 1. The quantitative estimate of drug-likeness (QED) is 0.775. The van der Waals surface area contributed by atoms with Gasteiger partial charge in [0.25, 0.3) is 0 Å². The lowest BCUT2D eigenvalue weighted by Crippen LogP contribution is -2.09. The van der Waals surface area contributed by atoms with Gasteiger partial charge in [-0.05, 0) is 45.0 Å². The molecule has 6 heteroatoms. The third-order valence-electron chi connectivity index (χ3n) is 3.68. The number of fused-ring (bicyclic) bond motifs is 1. The highest BCUT2D eigenvalue weighted by molar-refractivity contribution is 6.03. The zero-order valence-corrected chi connectivity index (χ0v) is 13.2. The molecule has 3 rings (SSSR count). The third kappa shape index (κ3) is 2.79. The molecule has 0 saturated heterocycles. The lowest BCUT2D eigenvalue weighted by atomic mass is 10.1. The number of aryl methyl sites for hydroxylation is 1. The number of hydrogen-bond acceptors (Lipinski definition) is 4. The minimum atomic E-state index is -1.00. The Morgan fingerprint density at radius 3 is 2.87 bits per heavy atom. The van der Waals surface area contributed by atoms with Gasteiger partial charge in [-0.15, -0.1) is 0 Å². The summed E-state index contributed by atoms with van der Waals surface area (Å²) < 4.78 is 13.2. The van der Waals surface area contributed by atoms with Crippen molar-refractivity contribution in [3.63, 3.8) is 0 Å². The predicted octanol–water partition coefficient (Wildman–Crippen LogP) is 3.80. The minimum absolute atomic E-state index is 0.178. The average molecular weight is 314 g/mol. The number of carbonyl (C=O) groups is 1. The Morgan fingerprint density at radius 2 is 2.17 bits per heavy atom. The van der Waals surface area contributed by atoms with Crippen LogP contribution in [-0.4, -0.2) is 20.9 Å². The first-order valence-corrected chi connectivity index (χ1v) is 7.39. The Hall–Kier alpha value is -2.76. The van der Waals surface area contributed by atoms with E-state index in [4.69, 9.17) is 9.15 Å². The van der Waals surface area contributed by atoms with Crippen LogP contribution in [0, 0.1) is 6.92 Å². The molecule has 0 fully saturated rings. The Balaban J connectivity index is 1.87. The fourth-order valence-corrected chi connectivity index (χ4v) is 2.63. The maximum Gasteiger partial charge on any atom is 0.339 e. The molecular weight excluding hydrogens is 296 g/mol. The van der Waals surface area contributed by atoms with Crippen LogP contribution < -0.4 is 4.74 Å². The maximum atomic E-state index is 11.4. The highest BCUT2D eigenvalue weighted by atomic mass is 16.5. The number of hydrogen-bond donors (Lipinski definition) is 1. The summed E-state index contributed by atoms with van der Waals surface area (Å²) in [6.07, 6.45) is 1.74. The first-order chi connectivity index (χ1) is 11.0. The molecule has 3 aromatic rings. The molecule has 6 nitrogen and oxygen atoms in total. The van der Waals surface area contributed by atoms with Crippen molar-refractivity contribution in [2.24, 2.45) is 0 Å². The van der Waals surface area contributed by atoms with Gasteiger partial charge in [-0.1, -0.05) is 0 Å². The molecule has 1 aromatic carbocycles. The highest BCUT2D eigenvalue weighted by Crippen LogP contribution is 2.29. The van der Waals surface area contributed by atoms with E-state index in [9.17, 15) is 9.90 Å². The molecule has 0 amide bonds. The summed E-state index contributed by atoms with van der Waals surface area (Å²) in [6, 6.07) is 7.35. The highest BCUT2D eigenvalue weighted by Gasteiger charge is 2.18. The molecule has 0 radical (unpaired) electrons. The van der Waals surface area contributed by atoms with Gasteiger partial charge in [0.15, 0.2) is 0 Å². The summed E-state index contributed by atoms with van der Waals surface area (Å²) in [4.78, 5) is 11.4. The van der Waals surface area contributed by atoms with Crippen molar-refractivity contribution in [1.82, 2.24) is 9.78 Å². The van der Waals surface area contributed by atoms with Crippen LogP contribution in [-0.2, 0) is 6.61 Å². The number of rotatable bonds is 5. The Bertz CT molecular complexity index is 861. The van der Waals surface area contributed by atoms with Gasteiger partial charge in [0.05, 0.1) is 5.69 Å². The molecule has 0 aliphatic carbocycles. The van der Waals surface area contributed by atoms with Crippen molar-refractivity contribution in [2.45, 2.75) is 33.4 Å². The summed E-state index contributed by atoms with van der Waals surface area (Å²) >= 11 is 0. The average Bonchev–Trinajstić information content (AvgIpc) is 3.07. The summed E-state index contributed by atoms with van der Waals surface area (Å²) in [7, 11) is 0. The molecule has 120 valence electrons. The summed E-state index contributed by atoms with van der Waals surface area (Å²) in [6.45, 7) is 6.11. The monoisotopic (exact) mass is 314 g/mol. The van der Waals surface area contributed by atoms with Crippen LogP contribution in [0.5, 0.6) is 5.75 Å². The Morgan fingerprint density at radius 1 is 1.39 bits per heavy atom. The second kappa shape index (κ2) is 5.79. The number of aromatic nitrogens is 2. The van der Waals surface area contributed by atoms with E-state index in [1.165, 1.54) is 0 Å².